The first kappa shape index (κ1) is 17.2. The summed E-state index contributed by atoms with van der Waals surface area (Å²) in [6.45, 7) is 4.67. The van der Waals surface area contributed by atoms with Gasteiger partial charge >= 0.3 is 5.97 Å². The molecule has 1 aromatic rings. The highest BCUT2D eigenvalue weighted by Gasteiger charge is 2.29. The molecule has 1 aromatic carbocycles. The van der Waals surface area contributed by atoms with Crippen LogP contribution in [0.1, 0.15) is 20.8 Å². The van der Waals surface area contributed by atoms with Crippen molar-refractivity contribution < 1.29 is 26.9 Å². The smallest absolute Gasteiger partial charge is 0.316 e. The summed E-state index contributed by atoms with van der Waals surface area (Å²) in [5, 5.41) is -1.22. The maximum absolute atomic E-state index is 13.8. The average Bonchev–Trinajstić information content (AvgIpc) is 2.26. The largest absolute Gasteiger partial charge is 0.423 e. The molecule has 20 heavy (non-hydrogen) atoms. The van der Waals surface area contributed by atoms with Crippen LogP contribution < -0.4 is 4.74 Å². The van der Waals surface area contributed by atoms with Gasteiger partial charge in [0.25, 0.3) is 10.1 Å². The van der Waals surface area contributed by atoms with Crippen LogP contribution in [0.2, 0.25) is 10.0 Å². The molecule has 0 aromatic heterocycles. The zero-order valence-corrected chi connectivity index (χ0v) is 13.0. The maximum atomic E-state index is 13.8. The van der Waals surface area contributed by atoms with E-state index in [1.807, 2.05) is 0 Å². The number of benzene rings is 1. The fourth-order valence-corrected chi connectivity index (χ4v) is 2.33. The lowest BCUT2D eigenvalue weighted by Crippen LogP contribution is -2.26. The predicted octanol–water partition coefficient (Wildman–Crippen LogP) is 3.33. The Bertz CT molecular complexity index is 664. The third-order valence-electron chi connectivity index (χ3n) is 2.17. The van der Waals surface area contributed by atoms with Crippen molar-refractivity contribution in [1.29, 1.82) is 0 Å². The first-order valence-electron chi connectivity index (χ1n) is 5.23. The summed E-state index contributed by atoms with van der Waals surface area (Å²) in [4.78, 5) is 10.6. The van der Waals surface area contributed by atoms with Gasteiger partial charge in [0.05, 0.1) is 10.4 Å². The van der Waals surface area contributed by atoms with Gasteiger partial charge in [0.1, 0.15) is 9.92 Å². The molecule has 0 aliphatic rings. The number of carbonyl (C=O) groups excluding carboxylic acids is 1. The van der Waals surface area contributed by atoms with Gasteiger partial charge in [-0.1, -0.05) is 23.2 Å². The van der Waals surface area contributed by atoms with Crippen LogP contribution in [0.5, 0.6) is 5.75 Å². The highest BCUT2D eigenvalue weighted by Crippen LogP contribution is 2.39. The lowest BCUT2D eigenvalue weighted by atomic mass is 9.97. The molecule has 0 spiro atoms. The molecule has 1 rings (SSSR count). The molecule has 5 nitrogen and oxygen atoms in total. The van der Waals surface area contributed by atoms with Gasteiger partial charge in [-0.15, -0.1) is 0 Å². The Hall–Kier alpha value is -0.890. The highest BCUT2D eigenvalue weighted by atomic mass is 35.5. The van der Waals surface area contributed by atoms with E-state index < -0.39 is 48.0 Å². The van der Waals surface area contributed by atoms with Crippen LogP contribution in [-0.2, 0) is 14.9 Å². The molecule has 0 amide bonds. The quantitative estimate of drug-likeness (QED) is 0.385. The summed E-state index contributed by atoms with van der Waals surface area (Å²) in [7, 11) is -4.84. The van der Waals surface area contributed by atoms with Crippen LogP contribution in [0.4, 0.5) is 4.39 Å². The van der Waals surface area contributed by atoms with E-state index in [1.165, 1.54) is 0 Å². The summed E-state index contributed by atoms with van der Waals surface area (Å²) in [6, 6.07) is 0.614. The van der Waals surface area contributed by atoms with Crippen molar-refractivity contribution in [3.05, 3.63) is 21.9 Å². The van der Waals surface area contributed by atoms with Gasteiger partial charge in [0, 0.05) is 0 Å². The molecule has 112 valence electrons. The second kappa shape index (κ2) is 5.48. The molecule has 0 radical (unpaired) electrons. The fraction of sp³-hybridized carbons (Fsp3) is 0.364. The molecular formula is C11H11Cl2FO5S. The molecule has 0 heterocycles. The van der Waals surface area contributed by atoms with E-state index >= 15 is 0 Å². The van der Waals surface area contributed by atoms with E-state index in [0.717, 1.165) is 0 Å². The van der Waals surface area contributed by atoms with E-state index in [2.05, 4.69) is 0 Å². The van der Waals surface area contributed by atoms with Crippen LogP contribution in [0.3, 0.4) is 0 Å². The minimum absolute atomic E-state index is 0.415. The predicted molar refractivity (Wildman–Crippen MR) is 71.3 cm³/mol. The molecular weight excluding hydrogens is 334 g/mol. The monoisotopic (exact) mass is 344 g/mol. The standard InChI is InChI=1S/C11H11Cl2FO5S/c1-11(2,3)10(15)19-9-5(12)4-6(20(16,17)18)8(14)7(9)13/h4H,1-3H3,(H,16,17,18). The van der Waals surface area contributed by atoms with E-state index in [4.69, 9.17) is 32.5 Å². The number of hydrogen-bond donors (Lipinski definition) is 1. The van der Waals surface area contributed by atoms with Crippen molar-refractivity contribution in [2.75, 3.05) is 0 Å². The van der Waals surface area contributed by atoms with Crippen molar-refractivity contribution in [3.8, 4) is 5.75 Å². The molecule has 0 saturated heterocycles. The van der Waals surface area contributed by atoms with Gasteiger partial charge in [-0.05, 0) is 26.8 Å². The van der Waals surface area contributed by atoms with Gasteiger partial charge in [-0.2, -0.15) is 8.42 Å². The summed E-state index contributed by atoms with van der Waals surface area (Å²) in [5.41, 5.74) is -0.898. The maximum Gasteiger partial charge on any atom is 0.316 e. The topological polar surface area (TPSA) is 80.7 Å². The Morgan fingerprint density at radius 1 is 1.35 bits per heavy atom. The van der Waals surface area contributed by atoms with Crippen LogP contribution in [0.15, 0.2) is 11.0 Å². The summed E-state index contributed by atoms with van der Waals surface area (Å²) in [6.07, 6.45) is 0. The Kier molecular flexibility index (Phi) is 4.70. The van der Waals surface area contributed by atoms with E-state index in [-0.39, 0.29) is 0 Å². The normalized spacial score (nSPS) is 12.3. The van der Waals surface area contributed by atoms with Crippen molar-refractivity contribution in [1.82, 2.24) is 0 Å². The molecule has 0 saturated carbocycles. The van der Waals surface area contributed by atoms with Crippen LogP contribution >= 0.6 is 23.2 Å². The van der Waals surface area contributed by atoms with Gasteiger partial charge in [-0.25, -0.2) is 4.39 Å². The molecule has 0 aliphatic carbocycles. The Morgan fingerprint density at radius 2 is 1.85 bits per heavy atom. The van der Waals surface area contributed by atoms with Gasteiger partial charge in [0.2, 0.25) is 0 Å². The molecule has 0 bridgehead atoms. The van der Waals surface area contributed by atoms with Gasteiger partial charge in [0.15, 0.2) is 11.6 Å². The van der Waals surface area contributed by atoms with Crippen LogP contribution in [0.25, 0.3) is 0 Å². The van der Waals surface area contributed by atoms with E-state index in [9.17, 15) is 17.6 Å². The number of carbonyl (C=O) groups is 1. The number of ether oxygens (including phenoxy) is 1. The zero-order chi connectivity index (χ0) is 15.9. The number of rotatable bonds is 2. The first-order valence-corrected chi connectivity index (χ1v) is 7.42. The second-order valence-electron chi connectivity index (χ2n) is 4.93. The molecule has 0 fully saturated rings. The Morgan fingerprint density at radius 3 is 2.25 bits per heavy atom. The lowest BCUT2D eigenvalue weighted by Gasteiger charge is -2.18. The minimum Gasteiger partial charge on any atom is -0.423 e. The van der Waals surface area contributed by atoms with Gasteiger partial charge in [-0.3, -0.25) is 9.35 Å². The number of halogens is 3. The third-order valence-corrected chi connectivity index (χ3v) is 3.64. The first-order chi connectivity index (χ1) is 8.85. The second-order valence-corrected chi connectivity index (χ2v) is 7.10. The zero-order valence-electron chi connectivity index (χ0n) is 10.7. The average molecular weight is 345 g/mol. The SMILES string of the molecule is CC(C)(C)C(=O)Oc1c(Cl)cc(S(=O)(=O)O)c(F)c1Cl. The molecule has 0 unspecified atom stereocenters. The van der Waals surface area contributed by atoms with E-state index in [1.54, 1.807) is 20.8 Å². The van der Waals surface area contributed by atoms with Crippen molar-refractivity contribution in [2.24, 2.45) is 5.41 Å². The highest BCUT2D eigenvalue weighted by molar-refractivity contribution is 7.85. The molecule has 9 heteroatoms. The third kappa shape index (κ3) is 3.60. The van der Waals surface area contributed by atoms with Crippen LogP contribution in [0, 0.1) is 11.2 Å². The summed E-state index contributed by atoms with van der Waals surface area (Å²) >= 11 is 11.3. The van der Waals surface area contributed by atoms with Crippen molar-refractivity contribution in [2.45, 2.75) is 25.7 Å². The van der Waals surface area contributed by atoms with E-state index in [0.29, 0.717) is 6.07 Å². The van der Waals surface area contributed by atoms with Crippen LogP contribution in [-0.4, -0.2) is 18.9 Å². The minimum atomic E-state index is -4.84. The lowest BCUT2D eigenvalue weighted by molar-refractivity contribution is -0.143. The van der Waals surface area contributed by atoms with Crippen molar-refractivity contribution >= 4 is 39.3 Å². The number of hydrogen-bond acceptors (Lipinski definition) is 4. The Labute approximate surface area is 125 Å². The summed E-state index contributed by atoms with van der Waals surface area (Å²) < 4.78 is 49.3. The Balaban J connectivity index is 3.40. The molecule has 0 atom stereocenters. The van der Waals surface area contributed by atoms with Gasteiger partial charge < -0.3 is 4.74 Å². The fourth-order valence-electron chi connectivity index (χ4n) is 1.08. The molecule has 0 aliphatic heterocycles. The van der Waals surface area contributed by atoms with Crippen molar-refractivity contribution in [3.63, 3.8) is 0 Å². The summed E-state index contributed by atoms with van der Waals surface area (Å²) in [5.74, 6) is -2.69. The molecule has 1 N–H and O–H groups in total. The number of esters is 1.